The Morgan fingerprint density at radius 3 is 1.70 bits per heavy atom. The lowest BCUT2D eigenvalue weighted by Gasteiger charge is -2.34. The molecule has 1 unspecified atom stereocenters. The van der Waals surface area contributed by atoms with Crippen LogP contribution in [0.1, 0.15) is 22.3 Å². The maximum Gasteiger partial charge on any atom is 0.175 e. The van der Waals surface area contributed by atoms with E-state index in [1.807, 2.05) is 12.1 Å². The zero-order chi connectivity index (χ0) is 21.2. The van der Waals surface area contributed by atoms with Crippen LogP contribution in [-0.4, -0.2) is 31.5 Å². The van der Waals surface area contributed by atoms with Crippen LogP contribution in [0.2, 0.25) is 0 Å². The van der Waals surface area contributed by atoms with Gasteiger partial charge in [0.25, 0.3) is 0 Å². The van der Waals surface area contributed by atoms with E-state index in [9.17, 15) is 0 Å². The predicted molar refractivity (Wildman–Crippen MR) is 124 cm³/mol. The van der Waals surface area contributed by atoms with Gasteiger partial charge in [-0.3, -0.25) is 4.90 Å². The summed E-state index contributed by atoms with van der Waals surface area (Å²) in [5.41, 5.74) is 4.93. The van der Waals surface area contributed by atoms with E-state index in [0.29, 0.717) is 0 Å². The van der Waals surface area contributed by atoms with Crippen molar-refractivity contribution in [3.05, 3.63) is 113 Å². The van der Waals surface area contributed by atoms with Crippen LogP contribution < -0.4 is 0 Å². The molecule has 3 aromatic carbocycles. The molecular formula is C27H31NO2. The number of hydrogen-bond acceptors (Lipinski definition) is 3. The Bertz CT molecular complexity index is 846. The minimum Gasteiger partial charge on any atom is -0.354 e. The zero-order valence-electron chi connectivity index (χ0n) is 18.1. The maximum absolute atomic E-state index is 5.71. The molecular weight excluding hydrogens is 370 g/mol. The molecule has 0 aliphatic carbocycles. The number of hydrogen-bond donors (Lipinski definition) is 0. The molecule has 0 saturated carbocycles. The van der Waals surface area contributed by atoms with E-state index < -0.39 is 0 Å². The summed E-state index contributed by atoms with van der Waals surface area (Å²) in [6.07, 6.45) is 3.96. The van der Waals surface area contributed by atoms with Crippen LogP contribution in [-0.2, 0) is 22.6 Å². The normalized spacial score (nSPS) is 12.7. The van der Waals surface area contributed by atoms with E-state index in [1.165, 1.54) is 16.7 Å². The highest BCUT2D eigenvalue weighted by Crippen LogP contribution is 2.20. The molecule has 3 aromatic rings. The van der Waals surface area contributed by atoms with E-state index in [4.69, 9.17) is 9.47 Å². The SMILES string of the molecule is COC(OC)C(C=Cc1ccc(C)cc1)N(Cc1ccccc1)Cc1ccccc1. The van der Waals surface area contributed by atoms with Gasteiger partial charge in [0.15, 0.2) is 6.29 Å². The summed E-state index contributed by atoms with van der Waals surface area (Å²) in [4.78, 5) is 2.40. The number of ether oxygens (including phenoxy) is 2. The molecule has 3 rings (SSSR count). The number of rotatable bonds is 10. The van der Waals surface area contributed by atoms with Crippen LogP contribution >= 0.6 is 0 Å². The molecule has 156 valence electrons. The van der Waals surface area contributed by atoms with Gasteiger partial charge >= 0.3 is 0 Å². The van der Waals surface area contributed by atoms with Crippen molar-refractivity contribution in [1.82, 2.24) is 4.90 Å². The van der Waals surface area contributed by atoms with E-state index in [2.05, 4.69) is 96.8 Å². The molecule has 0 aliphatic heterocycles. The first-order chi connectivity index (χ1) is 14.7. The van der Waals surface area contributed by atoms with Gasteiger partial charge in [-0.1, -0.05) is 103 Å². The fourth-order valence-electron chi connectivity index (χ4n) is 3.55. The van der Waals surface area contributed by atoms with Crippen molar-refractivity contribution < 1.29 is 9.47 Å². The van der Waals surface area contributed by atoms with Crippen LogP contribution in [0.4, 0.5) is 0 Å². The van der Waals surface area contributed by atoms with Crippen molar-refractivity contribution in [2.75, 3.05) is 14.2 Å². The molecule has 0 N–H and O–H groups in total. The third-order valence-corrected chi connectivity index (χ3v) is 5.19. The van der Waals surface area contributed by atoms with Gasteiger partial charge in [0.05, 0.1) is 6.04 Å². The lowest BCUT2D eigenvalue weighted by molar-refractivity contribution is -0.138. The first-order valence-corrected chi connectivity index (χ1v) is 10.3. The van der Waals surface area contributed by atoms with Crippen molar-refractivity contribution in [3.63, 3.8) is 0 Å². The van der Waals surface area contributed by atoms with E-state index >= 15 is 0 Å². The molecule has 0 saturated heterocycles. The number of benzene rings is 3. The average molecular weight is 402 g/mol. The number of aryl methyl sites for hydroxylation is 1. The Balaban J connectivity index is 1.92. The van der Waals surface area contributed by atoms with Gasteiger partial charge in [0.2, 0.25) is 0 Å². The summed E-state index contributed by atoms with van der Waals surface area (Å²) in [5.74, 6) is 0. The van der Waals surface area contributed by atoms with Crippen molar-refractivity contribution >= 4 is 6.08 Å². The number of methoxy groups -OCH3 is 2. The van der Waals surface area contributed by atoms with Crippen LogP contribution in [0.3, 0.4) is 0 Å². The summed E-state index contributed by atoms with van der Waals surface area (Å²) in [6.45, 7) is 3.69. The average Bonchev–Trinajstić information content (AvgIpc) is 2.79. The molecule has 0 amide bonds. The van der Waals surface area contributed by atoms with Crippen LogP contribution in [0.25, 0.3) is 6.08 Å². The van der Waals surface area contributed by atoms with Crippen LogP contribution in [0.5, 0.6) is 0 Å². The lowest BCUT2D eigenvalue weighted by Crippen LogP contribution is -2.43. The molecule has 3 heteroatoms. The van der Waals surface area contributed by atoms with Gasteiger partial charge in [-0.15, -0.1) is 0 Å². The summed E-state index contributed by atoms with van der Waals surface area (Å²) in [5, 5.41) is 0. The molecule has 0 spiro atoms. The second kappa shape index (κ2) is 11.5. The van der Waals surface area contributed by atoms with Crippen LogP contribution in [0, 0.1) is 6.92 Å². The van der Waals surface area contributed by atoms with E-state index in [-0.39, 0.29) is 12.3 Å². The van der Waals surface area contributed by atoms with Crippen molar-refractivity contribution in [1.29, 1.82) is 0 Å². The Morgan fingerprint density at radius 1 is 0.733 bits per heavy atom. The predicted octanol–water partition coefficient (Wildman–Crippen LogP) is 5.70. The highest BCUT2D eigenvalue weighted by molar-refractivity contribution is 5.50. The van der Waals surface area contributed by atoms with Gasteiger partial charge in [-0.2, -0.15) is 0 Å². The second-order valence-corrected chi connectivity index (χ2v) is 7.48. The minimum absolute atomic E-state index is 0.0540. The highest BCUT2D eigenvalue weighted by atomic mass is 16.7. The first-order valence-electron chi connectivity index (χ1n) is 10.3. The van der Waals surface area contributed by atoms with Gasteiger partial charge in [0.1, 0.15) is 0 Å². The highest BCUT2D eigenvalue weighted by Gasteiger charge is 2.26. The quantitative estimate of drug-likeness (QED) is 0.407. The molecule has 30 heavy (non-hydrogen) atoms. The number of nitrogens with zero attached hydrogens (tertiary/aromatic N) is 1. The topological polar surface area (TPSA) is 21.7 Å². The largest absolute Gasteiger partial charge is 0.354 e. The summed E-state index contributed by atoms with van der Waals surface area (Å²) >= 11 is 0. The Morgan fingerprint density at radius 2 is 1.23 bits per heavy atom. The summed E-state index contributed by atoms with van der Waals surface area (Å²) in [6, 6.07) is 29.5. The van der Waals surface area contributed by atoms with E-state index in [1.54, 1.807) is 14.2 Å². The smallest absolute Gasteiger partial charge is 0.175 e. The van der Waals surface area contributed by atoms with Gasteiger partial charge in [-0.05, 0) is 23.6 Å². The molecule has 0 radical (unpaired) electrons. The van der Waals surface area contributed by atoms with Crippen LogP contribution in [0.15, 0.2) is 91.0 Å². The molecule has 0 aliphatic rings. The van der Waals surface area contributed by atoms with Crippen molar-refractivity contribution in [3.8, 4) is 0 Å². The molecule has 1 atom stereocenters. The molecule has 0 fully saturated rings. The third-order valence-electron chi connectivity index (χ3n) is 5.19. The minimum atomic E-state index is -0.376. The van der Waals surface area contributed by atoms with E-state index in [0.717, 1.165) is 18.7 Å². The molecule has 0 heterocycles. The Hall–Kier alpha value is -2.72. The van der Waals surface area contributed by atoms with Gasteiger partial charge in [0, 0.05) is 27.3 Å². The first kappa shape index (κ1) is 22.0. The van der Waals surface area contributed by atoms with Gasteiger partial charge < -0.3 is 9.47 Å². The van der Waals surface area contributed by atoms with Gasteiger partial charge in [-0.25, -0.2) is 0 Å². The van der Waals surface area contributed by atoms with Crippen molar-refractivity contribution in [2.45, 2.75) is 32.3 Å². The molecule has 3 nitrogen and oxygen atoms in total. The Kier molecular flexibility index (Phi) is 8.40. The Labute approximate surface area is 180 Å². The standard InChI is InChI=1S/C27H31NO2/c1-22-14-16-23(17-15-22)18-19-26(27(29-2)30-3)28(20-24-10-6-4-7-11-24)21-25-12-8-5-9-13-25/h4-19,26-27H,20-21H2,1-3H3. The maximum atomic E-state index is 5.71. The van der Waals surface area contributed by atoms with Crippen molar-refractivity contribution in [2.24, 2.45) is 0 Å². The summed E-state index contributed by atoms with van der Waals surface area (Å²) < 4.78 is 11.4. The molecule has 0 aromatic heterocycles. The second-order valence-electron chi connectivity index (χ2n) is 7.48. The summed E-state index contributed by atoms with van der Waals surface area (Å²) in [7, 11) is 3.40. The zero-order valence-corrected chi connectivity index (χ0v) is 18.1. The lowest BCUT2D eigenvalue weighted by atomic mass is 10.1. The third kappa shape index (κ3) is 6.39. The fourth-order valence-corrected chi connectivity index (χ4v) is 3.55. The fraction of sp³-hybridized carbons (Fsp3) is 0.259. The molecule has 0 bridgehead atoms. The monoisotopic (exact) mass is 401 g/mol.